The number of rotatable bonds is 5. The van der Waals surface area contributed by atoms with Gasteiger partial charge in [0.05, 0.1) is 10.6 Å². The van der Waals surface area contributed by atoms with Crippen LogP contribution in [0.5, 0.6) is 0 Å². The van der Waals surface area contributed by atoms with Crippen LogP contribution in [0.3, 0.4) is 0 Å². The molecule has 2 N–H and O–H groups in total. The van der Waals surface area contributed by atoms with Crippen molar-refractivity contribution in [2.75, 3.05) is 5.32 Å². The number of hydrogen-bond acceptors (Lipinski definition) is 4. The molecule has 0 aliphatic heterocycles. The number of carbonyl (C=O) groups excluding carboxylic acids is 2. The van der Waals surface area contributed by atoms with Gasteiger partial charge < -0.3 is 10.6 Å². The predicted molar refractivity (Wildman–Crippen MR) is 129 cm³/mol. The lowest BCUT2D eigenvalue weighted by molar-refractivity contribution is 0.0951. The maximum atomic E-state index is 14.2. The second-order valence-electron chi connectivity index (χ2n) is 7.54. The van der Waals surface area contributed by atoms with Crippen molar-refractivity contribution in [3.05, 3.63) is 85.8 Å². The normalized spacial score (nSPS) is 12.7. The minimum Gasteiger partial charge on any atom is -0.348 e. The zero-order valence-corrected chi connectivity index (χ0v) is 19.2. The topological polar surface area (TPSA) is 58.2 Å². The number of carbonyl (C=O) groups is 2. The highest BCUT2D eigenvalue weighted by Crippen LogP contribution is 2.41. The first kappa shape index (κ1) is 21.1. The van der Waals surface area contributed by atoms with Crippen molar-refractivity contribution in [1.29, 1.82) is 0 Å². The number of fused-ring (bicyclic) bond motifs is 2. The van der Waals surface area contributed by atoms with Crippen molar-refractivity contribution in [3.63, 3.8) is 0 Å². The van der Waals surface area contributed by atoms with Gasteiger partial charge in [-0.3, -0.25) is 9.59 Å². The molecule has 5 rings (SSSR count). The predicted octanol–water partition coefficient (Wildman–Crippen LogP) is 6.43. The van der Waals surface area contributed by atoms with Gasteiger partial charge in [-0.25, -0.2) is 4.39 Å². The third-order valence-electron chi connectivity index (χ3n) is 5.48. The van der Waals surface area contributed by atoms with Crippen LogP contribution in [0, 0.1) is 5.82 Å². The third-order valence-corrected chi connectivity index (χ3v) is 8.33. The first-order valence-electron chi connectivity index (χ1n) is 10.2. The van der Waals surface area contributed by atoms with Crippen molar-refractivity contribution in [1.82, 2.24) is 5.32 Å². The lowest BCUT2D eigenvalue weighted by Crippen LogP contribution is -2.25. The molecule has 4 aromatic rings. The fourth-order valence-corrected chi connectivity index (χ4v) is 6.71. The third kappa shape index (κ3) is 3.81. The van der Waals surface area contributed by atoms with E-state index in [2.05, 4.69) is 10.6 Å². The van der Waals surface area contributed by atoms with E-state index in [0.717, 1.165) is 46.6 Å². The molecule has 0 fully saturated rings. The van der Waals surface area contributed by atoms with Gasteiger partial charge in [0.25, 0.3) is 11.8 Å². The van der Waals surface area contributed by atoms with E-state index in [4.69, 9.17) is 11.6 Å². The quantitative estimate of drug-likeness (QED) is 0.343. The Morgan fingerprint density at radius 1 is 1.00 bits per heavy atom. The van der Waals surface area contributed by atoms with Crippen molar-refractivity contribution >= 4 is 61.2 Å². The Morgan fingerprint density at radius 2 is 1.81 bits per heavy atom. The number of thiophene rings is 2. The summed E-state index contributed by atoms with van der Waals surface area (Å²) in [6, 6.07) is 14.3. The van der Waals surface area contributed by atoms with E-state index in [9.17, 15) is 14.0 Å². The maximum absolute atomic E-state index is 14.2. The Labute approximate surface area is 197 Å². The maximum Gasteiger partial charge on any atom is 0.267 e. The molecule has 2 aromatic heterocycles. The first-order valence-corrected chi connectivity index (χ1v) is 12.2. The van der Waals surface area contributed by atoms with Gasteiger partial charge >= 0.3 is 0 Å². The molecular weight excluding hydrogens is 467 g/mol. The Balaban J connectivity index is 1.43. The molecule has 0 bridgehead atoms. The average molecular weight is 485 g/mol. The molecule has 1 aliphatic rings. The molecule has 0 radical (unpaired) electrons. The monoisotopic (exact) mass is 484 g/mol. The van der Waals surface area contributed by atoms with Crippen LogP contribution >= 0.6 is 34.3 Å². The summed E-state index contributed by atoms with van der Waals surface area (Å²) in [5, 5.41) is 6.71. The van der Waals surface area contributed by atoms with Crippen molar-refractivity contribution in [2.45, 2.75) is 25.8 Å². The molecule has 2 heterocycles. The summed E-state index contributed by atoms with van der Waals surface area (Å²) in [6.07, 6.45) is 2.70. The Bertz CT molecular complexity index is 1350. The van der Waals surface area contributed by atoms with E-state index in [1.807, 2.05) is 30.3 Å². The van der Waals surface area contributed by atoms with Gasteiger partial charge in [-0.15, -0.1) is 22.7 Å². The summed E-state index contributed by atoms with van der Waals surface area (Å²) >= 11 is 8.92. The van der Waals surface area contributed by atoms with Gasteiger partial charge in [0, 0.05) is 21.5 Å². The number of amides is 2. The number of nitrogens with one attached hydrogen (secondary N) is 2. The van der Waals surface area contributed by atoms with Crippen LogP contribution in [0.4, 0.5) is 9.39 Å². The second kappa shape index (κ2) is 8.65. The highest BCUT2D eigenvalue weighted by Gasteiger charge is 2.28. The first-order chi connectivity index (χ1) is 15.5. The molecule has 0 unspecified atom stereocenters. The molecule has 0 spiro atoms. The van der Waals surface area contributed by atoms with Crippen molar-refractivity contribution < 1.29 is 14.0 Å². The zero-order valence-electron chi connectivity index (χ0n) is 16.8. The van der Waals surface area contributed by atoms with Crippen LogP contribution in [-0.4, -0.2) is 11.8 Å². The zero-order chi connectivity index (χ0) is 22.2. The minimum atomic E-state index is -0.459. The van der Waals surface area contributed by atoms with E-state index < -0.39 is 11.7 Å². The number of hydrogen-bond donors (Lipinski definition) is 2. The van der Waals surface area contributed by atoms with Gasteiger partial charge in [-0.1, -0.05) is 48.0 Å². The SMILES string of the molecule is O=C(Nc1sc2c(c1C(=O)NCc1ccccc1)CCC2)c1sc2cccc(F)c2c1Cl. The fraction of sp³-hybridized carbons (Fsp3) is 0.167. The molecule has 162 valence electrons. The Morgan fingerprint density at radius 3 is 2.59 bits per heavy atom. The minimum absolute atomic E-state index is 0.0970. The van der Waals surface area contributed by atoms with Crippen LogP contribution < -0.4 is 10.6 Å². The molecule has 0 saturated carbocycles. The summed E-state index contributed by atoms with van der Waals surface area (Å²) in [5.74, 6) is -1.11. The van der Waals surface area contributed by atoms with E-state index in [1.165, 1.54) is 17.4 Å². The van der Waals surface area contributed by atoms with Crippen molar-refractivity contribution in [3.8, 4) is 0 Å². The van der Waals surface area contributed by atoms with E-state index in [0.29, 0.717) is 21.8 Å². The number of halogens is 2. The average Bonchev–Trinajstić information content (AvgIpc) is 3.46. The van der Waals surface area contributed by atoms with Gasteiger partial charge in [-0.2, -0.15) is 0 Å². The van der Waals surface area contributed by atoms with Crippen molar-refractivity contribution in [2.24, 2.45) is 0 Å². The van der Waals surface area contributed by atoms with E-state index in [-0.39, 0.29) is 21.2 Å². The number of benzene rings is 2. The molecule has 32 heavy (non-hydrogen) atoms. The molecule has 0 atom stereocenters. The van der Waals surface area contributed by atoms with E-state index >= 15 is 0 Å². The second-order valence-corrected chi connectivity index (χ2v) is 10.1. The largest absolute Gasteiger partial charge is 0.348 e. The lowest BCUT2D eigenvalue weighted by Gasteiger charge is -2.09. The summed E-state index contributed by atoms with van der Waals surface area (Å²) in [5.41, 5.74) is 2.52. The number of aryl methyl sites for hydroxylation is 1. The molecule has 2 aromatic carbocycles. The summed E-state index contributed by atoms with van der Waals surface area (Å²) < 4.78 is 14.8. The summed E-state index contributed by atoms with van der Waals surface area (Å²) in [6.45, 7) is 0.402. The smallest absolute Gasteiger partial charge is 0.267 e. The Hall–Kier alpha value is -2.74. The summed E-state index contributed by atoms with van der Waals surface area (Å²) in [7, 11) is 0. The van der Waals surface area contributed by atoms with Gasteiger partial charge in [0.1, 0.15) is 15.7 Å². The fourth-order valence-electron chi connectivity index (χ4n) is 3.98. The van der Waals surface area contributed by atoms with E-state index in [1.54, 1.807) is 12.1 Å². The summed E-state index contributed by atoms with van der Waals surface area (Å²) in [4.78, 5) is 27.5. The highest BCUT2D eigenvalue weighted by atomic mass is 35.5. The Kier molecular flexibility index (Phi) is 5.71. The highest BCUT2D eigenvalue weighted by molar-refractivity contribution is 7.22. The molecule has 0 saturated heterocycles. The number of anilines is 1. The lowest BCUT2D eigenvalue weighted by atomic mass is 10.1. The van der Waals surface area contributed by atoms with Crippen LogP contribution in [0.1, 0.15) is 42.5 Å². The van der Waals surface area contributed by atoms with Gasteiger partial charge in [-0.05, 0) is 42.5 Å². The van der Waals surface area contributed by atoms with Crippen LogP contribution in [0.15, 0.2) is 48.5 Å². The standard InChI is InChI=1S/C24H18ClFN2O2S2/c25-20-19-15(26)9-5-11-17(19)31-21(20)23(30)28-24-18(14-8-4-10-16(14)32-24)22(29)27-12-13-6-2-1-3-7-13/h1-3,5-7,9,11H,4,8,10,12H2,(H,27,29)(H,28,30). The van der Waals surface area contributed by atoms with Crippen LogP contribution in [-0.2, 0) is 19.4 Å². The van der Waals surface area contributed by atoms with Gasteiger partial charge in [0.2, 0.25) is 0 Å². The molecule has 2 amide bonds. The molecule has 4 nitrogen and oxygen atoms in total. The molecular formula is C24H18ClFN2O2S2. The molecule has 1 aliphatic carbocycles. The van der Waals surface area contributed by atoms with Crippen LogP contribution in [0.25, 0.3) is 10.1 Å². The molecule has 8 heteroatoms. The van der Waals surface area contributed by atoms with Crippen LogP contribution in [0.2, 0.25) is 5.02 Å². The van der Waals surface area contributed by atoms with Gasteiger partial charge in [0.15, 0.2) is 0 Å².